The van der Waals surface area contributed by atoms with Gasteiger partial charge in [0.2, 0.25) is 0 Å². The fourth-order valence-electron chi connectivity index (χ4n) is 3.21. The fraction of sp³-hybridized carbons (Fsp3) is 0.391. The molecule has 29 heavy (non-hydrogen) atoms. The first-order chi connectivity index (χ1) is 14.2. The second-order valence-corrected chi connectivity index (χ2v) is 6.95. The first-order valence-electron chi connectivity index (χ1n) is 10.2. The van der Waals surface area contributed by atoms with Crippen LogP contribution in [0.25, 0.3) is 10.8 Å². The summed E-state index contributed by atoms with van der Waals surface area (Å²) in [6, 6.07) is 14.5. The number of guanidine groups is 1. The second kappa shape index (κ2) is 10.5. The van der Waals surface area contributed by atoms with Gasteiger partial charge in [0.15, 0.2) is 5.96 Å². The first kappa shape index (κ1) is 20.7. The average molecular weight is 395 g/mol. The van der Waals surface area contributed by atoms with Crippen LogP contribution in [0.1, 0.15) is 30.4 Å². The monoisotopic (exact) mass is 394 g/mol. The smallest absolute Gasteiger partial charge is 0.191 e. The summed E-state index contributed by atoms with van der Waals surface area (Å²) < 4.78 is 11.1. The maximum atomic E-state index is 5.88. The number of nitrogens with zero attached hydrogens (tertiary/aromatic N) is 2. The largest absolute Gasteiger partial charge is 0.494 e. The molecule has 3 rings (SSSR count). The van der Waals surface area contributed by atoms with Gasteiger partial charge < -0.3 is 19.9 Å². The molecule has 0 saturated carbocycles. The highest BCUT2D eigenvalue weighted by atomic mass is 16.5. The molecule has 3 aromatic rings. The molecule has 0 aliphatic carbocycles. The van der Waals surface area contributed by atoms with Gasteiger partial charge in [-0.2, -0.15) is 0 Å². The van der Waals surface area contributed by atoms with E-state index in [1.54, 1.807) is 0 Å². The number of benzene rings is 2. The molecule has 6 heteroatoms. The highest BCUT2D eigenvalue weighted by molar-refractivity contribution is 5.83. The Balaban J connectivity index is 1.42. The van der Waals surface area contributed by atoms with Crippen molar-refractivity contribution in [1.29, 1.82) is 0 Å². The summed E-state index contributed by atoms with van der Waals surface area (Å²) in [5, 5.41) is 13.1. The third-order valence-electron chi connectivity index (χ3n) is 4.75. The number of ether oxygens (including phenoxy) is 1. The quantitative estimate of drug-likeness (QED) is 0.326. The Labute approximate surface area is 172 Å². The van der Waals surface area contributed by atoms with Crippen LogP contribution in [0.3, 0.4) is 0 Å². The summed E-state index contributed by atoms with van der Waals surface area (Å²) in [6.07, 6.45) is 1.71. The lowest BCUT2D eigenvalue weighted by Crippen LogP contribution is -2.38. The van der Waals surface area contributed by atoms with E-state index in [9.17, 15) is 0 Å². The van der Waals surface area contributed by atoms with Gasteiger partial charge in [-0.05, 0) is 50.1 Å². The van der Waals surface area contributed by atoms with Crippen molar-refractivity contribution in [2.75, 3.05) is 26.2 Å². The molecular weight excluding hydrogens is 364 g/mol. The van der Waals surface area contributed by atoms with Crippen LogP contribution in [0.5, 0.6) is 5.75 Å². The van der Waals surface area contributed by atoms with Gasteiger partial charge in [0.05, 0.1) is 12.3 Å². The number of aromatic nitrogens is 1. The Morgan fingerprint density at radius 1 is 1.10 bits per heavy atom. The third kappa shape index (κ3) is 5.98. The summed E-state index contributed by atoms with van der Waals surface area (Å²) in [5.41, 5.74) is 2.12. The molecule has 0 aliphatic rings. The number of aliphatic imine (C=N–C) groups is 1. The van der Waals surface area contributed by atoms with Gasteiger partial charge in [0.1, 0.15) is 11.5 Å². The second-order valence-electron chi connectivity index (χ2n) is 6.95. The molecule has 0 saturated heterocycles. The van der Waals surface area contributed by atoms with Crippen LogP contribution in [0.15, 0.2) is 52.0 Å². The summed E-state index contributed by atoms with van der Waals surface area (Å²) in [6.45, 7) is 8.93. The van der Waals surface area contributed by atoms with Crippen LogP contribution in [0.4, 0.5) is 0 Å². The fourth-order valence-corrected chi connectivity index (χ4v) is 3.21. The summed E-state index contributed by atoms with van der Waals surface area (Å²) in [4.78, 5) is 4.63. The molecule has 2 aromatic carbocycles. The van der Waals surface area contributed by atoms with Crippen molar-refractivity contribution >= 4 is 16.7 Å². The standard InChI is InChI=1S/C23H30N4O2/c1-4-24-23(26-14-12-22-17(2)27-29-18(22)3)25-13-7-15-28-21-11-10-19-8-5-6-9-20(19)16-21/h5-6,8-11,16H,4,7,12-15H2,1-3H3,(H2,24,25,26). The van der Waals surface area contributed by atoms with E-state index in [1.807, 2.05) is 32.0 Å². The van der Waals surface area contributed by atoms with E-state index in [0.29, 0.717) is 13.2 Å². The predicted octanol–water partition coefficient (Wildman–Crippen LogP) is 4.01. The predicted molar refractivity (Wildman–Crippen MR) is 118 cm³/mol. The first-order valence-corrected chi connectivity index (χ1v) is 10.2. The van der Waals surface area contributed by atoms with Gasteiger partial charge in [-0.3, -0.25) is 4.99 Å². The molecule has 0 amide bonds. The van der Waals surface area contributed by atoms with Gasteiger partial charge in [0.25, 0.3) is 0 Å². The lowest BCUT2D eigenvalue weighted by Gasteiger charge is -2.11. The molecule has 1 heterocycles. The van der Waals surface area contributed by atoms with E-state index < -0.39 is 0 Å². The molecule has 1 aromatic heterocycles. The highest BCUT2D eigenvalue weighted by Gasteiger charge is 2.08. The van der Waals surface area contributed by atoms with E-state index in [4.69, 9.17) is 9.26 Å². The molecule has 0 bridgehead atoms. The Morgan fingerprint density at radius 3 is 2.69 bits per heavy atom. The van der Waals surface area contributed by atoms with Crippen LogP contribution < -0.4 is 15.4 Å². The lowest BCUT2D eigenvalue weighted by molar-refractivity contribution is 0.314. The maximum absolute atomic E-state index is 5.88. The van der Waals surface area contributed by atoms with Crippen LogP contribution in [-0.4, -0.2) is 37.4 Å². The van der Waals surface area contributed by atoms with E-state index >= 15 is 0 Å². The number of rotatable bonds is 9. The van der Waals surface area contributed by atoms with Gasteiger partial charge in [-0.25, -0.2) is 0 Å². The van der Waals surface area contributed by atoms with Crippen molar-refractivity contribution in [1.82, 2.24) is 15.8 Å². The van der Waals surface area contributed by atoms with Gasteiger partial charge in [0, 0.05) is 31.6 Å². The topological polar surface area (TPSA) is 71.7 Å². The SMILES string of the molecule is CCNC(=NCCCOc1ccc2ccccc2c1)NCCc1c(C)noc1C. The third-order valence-corrected chi connectivity index (χ3v) is 4.75. The zero-order valence-corrected chi connectivity index (χ0v) is 17.5. The molecular formula is C23H30N4O2. The normalized spacial score (nSPS) is 11.6. The van der Waals surface area contributed by atoms with Crippen molar-refractivity contribution in [3.8, 4) is 5.75 Å². The minimum Gasteiger partial charge on any atom is -0.494 e. The Morgan fingerprint density at radius 2 is 1.93 bits per heavy atom. The van der Waals surface area contributed by atoms with Crippen molar-refractivity contribution in [3.05, 3.63) is 59.5 Å². The summed E-state index contributed by atoms with van der Waals surface area (Å²) >= 11 is 0. The summed E-state index contributed by atoms with van der Waals surface area (Å²) in [7, 11) is 0. The molecule has 0 unspecified atom stereocenters. The molecule has 0 radical (unpaired) electrons. The van der Waals surface area contributed by atoms with Crippen molar-refractivity contribution in [2.24, 2.45) is 4.99 Å². The van der Waals surface area contributed by atoms with Gasteiger partial charge >= 0.3 is 0 Å². The maximum Gasteiger partial charge on any atom is 0.191 e. The zero-order valence-electron chi connectivity index (χ0n) is 17.5. The number of aryl methyl sites for hydroxylation is 2. The molecule has 0 aliphatic heterocycles. The van der Waals surface area contributed by atoms with Crippen LogP contribution >= 0.6 is 0 Å². The van der Waals surface area contributed by atoms with Crippen molar-refractivity contribution in [3.63, 3.8) is 0 Å². The lowest BCUT2D eigenvalue weighted by atomic mass is 10.1. The minimum atomic E-state index is 0.639. The molecule has 2 N–H and O–H groups in total. The van der Waals surface area contributed by atoms with Gasteiger partial charge in [-0.1, -0.05) is 35.5 Å². The minimum absolute atomic E-state index is 0.639. The van der Waals surface area contributed by atoms with Crippen molar-refractivity contribution < 1.29 is 9.26 Å². The molecule has 6 nitrogen and oxygen atoms in total. The summed E-state index contributed by atoms with van der Waals surface area (Å²) in [5.74, 6) is 2.61. The Bertz CT molecular complexity index is 929. The molecule has 0 fully saturated rings. The van der Waals surface area contributed by atoms with Crippen LogP contribution in [0.2, 0.25) is 0 Å². The molecule has 0 spiro atoms. The van der Waals surface area contributed by atoms with Crippen molar-refractivity contribution in [2.45, 2.75) is 33.6 Å². The number of nitrogens with one attached hydrogen (secondary N) is 2. The average Bonchev–Trinajstić information content (AvgIpc) is 3.05. The van der Waals surface area contributed by atoms with E-state index in [2.05, 4.69) is 52.0 Å². The van der Waals surface area contributed by atoms with E-state index in [1.165, 1.54) is 10.8 Å². The molecule has 154 valence electrons. The number of hydrogen-bond donors (Lipinski definition) is 2. The number of fused-ring (bicyclic) bond motifs is 1. The van der Waals surface area contributed by atoms with Crippen LogP contribution in [0, 0.1) is 13.8 Å². The zero-order chi connectivity index (χ0) is 20.5. The Kier molecular flexibility index (Phi) is 7.50. The Hall–Kier alpha value is -3.02. The van der Waals surface area contributed by atoms with Crippen LogP contribution in [-0.2, 0) is 6.42 Å². The van der Waals surface area contributed by atoms with E-state index in [0.717, 1.165) is 54.7 Å². The molecule has 0 atom stereocenters. The van der Waals surface area contributed by atoms with E-state index in [-0.39, 0.29) is 0 Å². The highest BCUT2D eigenvalue weighted by Crippen LogP contribution is 2.20. The number of hydrogen-bond acceptors (Lipinski definition) is 4. The van der Waals surface area contributed by atoms with Gasteiger partial charge in [-0.15, -0.1) is 0 Å².